The van der Waals surface area contributed by atoms with Crippen molar-refractivity contribution >= 4 is 5.97 Å². The van der Waals surface area contributed by atoms with Crippen LogP contribution in [-0.2, 0) is 9.53 Å². The summed E-state index contributed by atoms with van der Waals surface area (Å²) in [6.45, 7) is 7.19. The quantitative estimate of drug-likeness (QED) is 0.607. The van der Waals surface area contributed by atoms with Gasteiger partial charge in [0, 0.05) is 0 Å². The fourth-order valence-corrected chi connectivity index (χ4v) is 0.871. The Hall–Kier alpha value is -0.610. The Morgan fingerprint density at radius 1 is 1.33 bits per heavy atom. The van der Waals surface area contributed by atoms with Crippen LogP contribution in [0.1, 0.15) is 27.7 Å². The summed E-state index contributed by atoms with van der Waals surface area (Å²) in [7, 11) is 0. The molecule has 0 heterocycles. The lowest BCUT2D eigenvalue weighted by Gasteiger charge is -2.19. The van der Waals surface area contributed by atoms with Gasteiger partial charge in [0.15, 0.2) is 0 Å². The Kier molecular flexibility index (Phi) is 4.85. The molecule has 0 aromatic carbocycles. The molecule has 0 aliphatic carbocycles. The van der Waals surface area contributed by atoms with Crippen molar-refractivity contribution in [1.82, 2.24) is 5.32 Å². The Balaban J connectivity index is 3.68. The van der Waals surface area contributed by atoms with E-state index in [0.717, 1.165) is 0 Å². The normalized spacial score (nSPS) is 16.1. The number of hydrogen-bond donors (Lipinski definition) is 2. The van der Waals surface area contributed by atoms with E-state index in [0.29, 0.717) is 0 Å². The van der Waals surface area contributed by atoms with E-state index in [-0.39, 0.29) is 12.3 Å². The molecule has 0 radical (unpaired) electrons. The maximum atomic E-state index is 10.4. The fourth-order valence-electron chi connectivity index (χ4n) is 0.871. The van der Waals surface area contributed by atoms with Crippen molar-refractivity contribution < 1.29 is 14.6 Å². The topological polar surface area (TPSA) is 58.6 Å². The second-order valence-corrected chi connectivity index (χ2v) is 3.05. The van der Waals surface area contributed by atoms with Crippen molar-refractivity contribution in [2.45, 2.75) is 46.1 Å². The molecule has 0 rings (SSSR count). The highest BCUT2D eigenvalue weighted by Crippen LogP contribution is 1.95. The first-order valence-corrected chi connectivity index (χ1v) is 4.07. The molecular weight excluding hydrogens is 158 g/mol. The number of carbonyl (C=O) groups is 1. The van der Waals surface area contributed by atoms with Crippen LogP contribution in [0.15, 0.2) is 0 Å². The van der Waals surface area contributed by atoms with E-state index >= 15 is 0 Å². The molecule has 0 aliphatic rings. The molecule has 0 saturated heterocycles. The number of ether oxygens (including phenoxy) is 1. The first-order valence-electron chi connectivity index (χ1n) is 4.07. The molecule has 0 aliphatic heterocycles. The molecule has 0 aromatic rings. The number of aliphatic carboxylic acids is 1. The van der Waals surface area contributed by atoms with Crippen LogP contribution >= 0.6 is 0 Å². The van der Waals surface area contributed by atoms with Gasteiger partial charge in [-0.15, -0.1) is 0 Å². The number of rotatable bonds is 5. The Morgan fingerprint density at radius 2 is 1.83 bits per heavy atom. The van der Waals surface area contributed by atoms with Gasteiger partial charge in [-0.3, -0.25) is 10.1 Å². The van der Waals surface area contributed by atoms with Gasteiger partial charge in [0.1, 0.15) is 12.3 Å². The summed E-state index contributed by atoms with van der Waals surface area (Å²) in [5.74, 6) is -0.866. The van der Waals surface area contributed by atoms with Crippen LogP contribution in [-0.4, -0.2) is 29.4 Å². The minimum atomic E-state index is -0.866. The highest BCUT2D eigenvalue weighted by molar-refractivity contribution is 5.72. The van der Waals surface area contributed by atoms with Crippen molar-refractivity contribution in [3.8, 4) is 0 Å². The van der Waals surface area contributed by atoms with E-state index in [4.69, 9.17) is 9.84 Å². The summed E-state index contributed by atoms with van der Waals surface area (Å²) in [4.78, 5) is 10.4. The molecular formula is C8H17NO3. The maximum absolute atomic E-state index is 10.4. The zero-order chi connectivity index (χ0) is 9.72. The number of hydrogen-bond acceptors (Lipinski definition) is 3. The molecule has 0 saturated carbocycles. The lowest BCUT2D eigenvalue weighted by molar-refractivity contribution is -0.140. The fraction of sp³-hybridized carbons (Fsp3) is 0.875. The van der Waals surface area contributed by atoms with Crippen molar-refractivity contribution in [1.29, 1.82) is 0 Å². The van der Waals surface area contributed by atoms with Gasteiger partial charge >= 0.3 is 5.97 Å². The van der Waals surface area contributed by atoms with Crippen LogP contribution in [0.2, 0.25) is 0 Å². The standard InChI is InChI=1S/C8H17NO3/c1-5(2)12-7(4)9-6(3)8(10)11/h5-7,9H,1-4H3,(H,10,11). The average molecular weight is 175 g/mol. The number of nitrogens with one attached hydrogen (secondary N) is 1. The minimum absolute atomic E-state index is 0.105. The van der Waals surface area contributed by atoms with Gasteiger partial charge < -0.3 is 9.84 Å². The third kappa shape index (κ3) is 5.09. The molecule has 2 atom stereocenters. The molecule has 0 bridgehead atoms. The van der Waals surface area contributed by atoms with Gasteiger partial charge in [0.2, 0.25) is 0 Å². The maximum Gasteiger partial charge on any atom is 0.320 e. The van der Waals surface area contributed by atoms with E-state index in [1.807, 2.05) is 13.8 Å². The summed E-state index contributed by atoms with van der Waals surface area (Å²) in [5.41, 5.74) is 0. The molecule has 2 N–H and O–H groups in total. The van der Waals surface area contributed by atoms with Crippen molar-refractivity contribution in [2.75, 3.05) is 0 Å². The van der Waals surface area contributed by atoms with Gasteiger partial charge in [-0.05, 0) is 27.7 Å². The molecule has 0 aromatic heterocycles. The van der Waals surface area contributed by atoms with Crippen molar-refractivity contribution in [3.63, 3.8) is 0 Å². The highest BCUT2D eigenvalue weighted by Gasteiger charge is 2.14. The SMILES string of the molecule is CC(C)OC(C)NC(C)C(=O)O. The van der Waals surface area contributed by atoms with Crippen molar-refractivity contribution in [3.05, 3.63) is 0 Å². The zero-order valence-electron chi connectivity index (χ0n) is 8.00. The highest BCUT2D eigenvalue weighted by atomic mass is 16.5. The van der Waals surface area contributed by atoms with Crippen LogP contribution in [0.4, 0.5) is 0 Å². The molecule has 4 heteroatoms. The van der Waals surface area contributed by atoms with Gasteiger partial charge in [0.25, 0.3) is 0 Å². The van der Waals surface area contributed by atoms with Gasteiger partial charge in [-0.1, -0.05) is 0 Å². The van der Waals surface area contributed by atoms with Crippen LogP contribution in [0.3, 0.4) is 0 Å². The van der Waals surface area contributed by atoms with E-state index in [9.17, 15) is 4.79 Å². The van der Waals surface area contributed by atoms with Crippen LogP contribution < -0.4 is 5.32 Å². The summed E-state index contributed by atoms with van der Waals surface area (Å²) >= 11 is 0. The lowest BCUT2D eigenvalue weighted by atomic mass is 10.3. The minimum Gasteiger partial charge on any atom is -0.480 e. The average Bonchev–Trinajstić information content (AvgIpc) is 1.84. The zero-order valence-corrected chi connectivity index (χ0v) is 8.00. The summed E-state index contributed by atoms with van der Waals surface area (Å²) in [5, 5.41) is 11.3. The van der Waals surface area contributed by atoms with E-state index < -0.39 is 12.0 Å². The van der Waals surface area contributed by atoms with E-state index in [1.54, 1.807) is 13.8 Å². The van der Waals surface area contributed by atoms with Gasteiger partial charge in [-0.2, -0.15) is 0 Å². The second kappa shape index (κ2) is 5.11. The third-order valence-corrected chi connectivity index (χ3v) is 1.33. The monoisotopic (exact) mass is 175 g/mol. The number of carboxylic acids is 1. The summed E-state index contributed by atoms with van der Waals surface area (Å²) in [6.07, 6.45) is -0.121. The molecule has 0 fully saturated rings. The predicted octanol–water partition coefficient (Wildman–Crippen LogP) is 0.820. The van der Waals surface area contributed by atoms with Gasteiger partial charge in [0.05, 0.1) is 6.10 Å². The molecule has 2 unspecified atom stereocenters. The van der Waals surface area contributed by atoms with E-state index in [1.165, 1.54) is 0 Å². The molecule has 72 valence electrons. The van der Waals surface area contributed by atoms with Crippen LogP contribution in [0.25, 0.3) is 0 Å². The van der Waals surface area contributed by atoms with Crippen LogP contribution in [0.5, 0.6) is 0 Å². The summed E-state index contributed by atoms with van der Waals surface area (Å²) < 4.78 is 5.30. The second-order valence-electron chi connectivity index (χ2n) is 3.05. The predicted molar refractivity (Wildman–Crippen MR) is 45.9 cm³/mol. The molecule has 4 nitrogen and oxygen atoms in total. The first kappa shape index (κ1) is 11.4. The molecule has 0 spiro atoms. The molecule has 0 amide bonds. The van der Waals surface area contributed by atoms with Gasteiger partial charge in [-0.25, -0.2) is 0 Å². The Morgan fingerprint density at radius 3 is 2.17 bits per heavy atom. The van der Waals surface area contributed by atoms with Crippen molar-refractivity contribution in [2.24, 2.45) is 0 Å². The Labute approximate surface area is 72.9 Å². The van der Waals surface area contributed by atoms with E-state index in [2.05, 4.69) is 5.32 Å². The third-order valence-electron chi connectivity index (χ3n) is 1.33. The lowest BCUT2D eigenvalue weighted by Crippen LogP contribution is -2.42. The number of carboxylic acid groups (broad SMARTS) is 1. The van der Waals surface area contributed by atoms with Crippen LogP contribution in [0, 0.1) is 0 Å². The smallest absolute Gasteiger partial charge is 0.320 e. The molecule has 12 heavy (non-hydrogen) atoms. The summed E-state index contributed by atoms with van der Waals surface area (Å²) in [6, 6.07) is -0.571. The Bertz CT molecular complexity index is 147. The first-order chi connectivity index (χ1) is 5.43. The largest absolute Gasteiger partial charge is 0.480 e.